The van der Waals surface area contributed by atoms with Gasteiger partial charge in [-0.05, 0) is 31.3 Å². The first-order valence-electron chi connectivity index (χ1n) is 6.69. The Labute approximate surface area is 99.2 Å². The lowest BCUT2D eigenvalue weighted by Crippen LogP contribution is -2.36. The maximum atomic E-state index is 6.12. The normalized spacial score (nSPS) is 43.9. The molecular weight excluding hydrogens is 197 g/mol. The fraction of sp³-hybridized carbons (Fsp3) is 0.846. The third kappa shape index (κ3) is 2.08. The molecule has 1 aliphatic heterocycles. The number of rotatable bonds is 1. The zero-order chi connectivity index (χ0) is 11.0. The molecular formula is C13H20BNO. The fourth-order valence-corrected chi connectivity index (χ4v) is 3.17. The van der Waals surface area contributed by atoms with Gasteiger partial charge in [-0.1, -0.05) is 31.2 Å². The van der Waals surface area contributed by atoms with Gasteiger partial charge in [0.25, 0.3) is 0 Å². The summed E-state index contributed by atoms with van der Waals surface area (Å²) >= 11 is 0. The molecule has 0 spiro atoms. The molecule has 1 saturated carbocycles. The molecule has 3 rings (SSSR count). The van der Waals surface area contributed by atoms with Crippen LogP contribution in [0.1, 0.15) is 44.9 Å². The summed E-state index contributed by atoms with van der Waals surface area (Å²) in [6, 6.07) is 0.607. The predicted octanol–water partition coefficient (Wildman–Crippen LogP) is 2.31. The lowest BCUT2D eigenvalue weighted by Gasteiger charge is -2.23. The molecule has 1 N–H and O–H groups in total. The van der Waals surface area contributed by atoms with E-state index in [2.05, 4.69) is 11.4 Å². The van der Waals surface area contributed by atoms with E-state index in [9.17, 15) is 0 Å². The first kappa shape index (κ1) is 10.9. The van der Waals surface area contributed by atoms with Gasteiger partial charge < -0.3 is 4.74 Å². The van der Waals surface area contributed by atoms with Crippen LogP contribution in [0.3, 0.4) is 0 Å². The molecule has 0 bridgehead atoms. The minimum Gasteiger partial charge on any atom is -0.355 e. The van der Waals surface area contributed by atoms with Crippen molar-refractivity contribution < 1.29 is 4.74 Å². The summed E-state index contributed by atoms with van der Waals surface area (Å²) in [5, 5.41) is 3.65. The summed E-state index contributed by atoms with van der Waals surface area (Å²) in [7, 11) is 5.91. The number of nitrogens with one attached hydrogen (secondary N) is 1. The van der Waals surface area contributed by atoms with Crippen molar-refractivity contribution in [2.45, 2.75) is 69.1 Å². The maximum Gasteiger partial charge on any atom is 0.131 e. The summed E-state index contributed by atoms with van der Waals surface area (Å²) in [4.78, 5) is 0. The van der Waals surface area contributed by atoms with Crippen molar-refractivity contribution in [2.24, 2.45) is 0 Å². The molecule has 16 heavy (non-hydrogen) atoms. The van der Waals surface area contributed by atoms with Crippen LogP contribution in [0, 0.1) is 0 Å². The predicted molar refractivity (Wildman–Crippen MR) is 65.5 cm³/mol. The lowest BCUT2D eigenvalue weighted by molar-refractivity contribution is 0.0410. The Morgan fingerprint density at radius 2 is 2.12 bits per heavy atom. The van der Waals surface area contributed by atoms with Gasteiger partial charge in [0.1, 0.15) is 6.23 Å². The van der Waals surface area contributed by atoms with Gasteiger partial charge in [-0.2, -0.15) is 0 Å². The number of hydrogen-bond donors (Lipinski definition) is 1. The van der Waals surface area contributed by atoms with E-state index in [1.165, 1.54) is 31.3 Å². The minimum absolute atomic E-state index is 0.195. The van der Waals surface area contributed by atoms with Gasteiger partial charge in [0.05, 0.1) is 14.0 Å². The SMILES string of the molecule is [B]C1CC=C(C2NC3CCCCC3O2)CC1. The summed E-state index contributed by atoms with van der Waals surface area (Å²) in [5.74, 6) is 0.368. The van der Waals surface area contributed by atoms with Gasteiger partial charge in [-0.15, -0.1) is 0 Å². The van der Waals surface area contributed by atoms with Crippen molar-refractivity contribution in [2.75, 3.05) is 0 Å². The second-order valence-electron chi connectivity index (χ2n) is 5.43. The largest absolute Gasteiger partial charge is 0.355 e. The van der Waals surface area contributed by atoms with Crippen LogP contribution in [0.2, 0.25) is 5.82 Å². The summed E-state index contributed by atoms with van der Waals surface area (Å²) < 4.78 is 6.12. The van der Waals surface area contributed by atoms with Crippen LogP contribution >= 0.6 is 0 Å². The molecule has 4 atom stereocenters. The fourth-order valence-electron chi connectivity index (χ4n) is 3.17. The first-order chi connectivity index (χ1) is 7.83. The summed E-state index contributed by atoms with van der Waals surface area (Å²) in [5.41, 5.74) is 1.44. The van der Waals surface area contributed by atoms with Gasteiger partial charge in [0.2, 0.25) is 0 Å². The Morgan fingerprint density at radius 1 is 1.25 bits per heavy atom. The van der Waals surface area contributed by atoms with Gasteiger partial charge >= 0.3 is 0 Å². The monoisotopic (exact) mass is 217 g/mol. The van der Waals surface area contributed by atoms with E-state index in [0.29, 0.717) is 18.0 Å². The zero-order valence-electron chi connectivity index (χ0n) is 9.82. The molecule has 2 fully saturated rings. The van der Waals surface area contributed by atoms with Gasteiger partial charge in [-0.25, -0.2) is 0 Å². The lowest BCUT2D eigenvalue weighted by atomic mass is 9.76. The number of ether oxygens (including phenoxy) is 1. The standard InChI is InChI=1S/C13H20BNO/c14-10-7-5-9(6-8-10)13-15-11-3-1-2-4-12(11)16-13/h5,10-13,15H,1-4,6-8H2. The summed E-state index contributed by atoms with van der Waals surface area (Å²) in [6.07, 6.45) is 11.4. The molecule has 4 unspecified atom stereocenters. The molecule has 0 aromatic heterocycles. The molecule has 0 aromatic rings. The summed E-state index contributed by atoms with van der Waals surface area (Å²) in [6.45, 7) is 0. The zero-order valence-corrected chi connectivity index (χ0v) is 9.82. The van der Waals surface area contributed by atoms with E-state index in [0.717, 1.165) is 19.3 Å². The smallest absolute Gasteiger partial charge is 0.131 e. The van der Waals surface area contributed by atoms with Gasteiger partial charge in [0, 0.05) is 6.04 Å². The van der Waals surface area contributed by atoms with Crippen LogP contribution < -0.4 is 5.32 Å². The van der Waals surface area contributed by atoms with Crippen LogP contribution in [-0.4, -0.2) is 26.2 Å². The molecule has 3 aliphatic rings. The van der Waals surface area contributed by atoms with E-state index < -0.39 is 0 Å². The van der Waals surface area contributed by atoms with Gasteiger partial charge in [0.15, 0.2) is 0 Å². The molecule has 2 radical (unpaired) electrons. The van der Waals surface area contributed by atoms with Crippen molar-refractivity contribution in [3.63, 3.8) is 0 Å². The molecule has 0 aromatic carbocycles. The van der Waals surface area contributed by atoms with Crippen molar-refractivity contribution >= 4 is 7.85 Å². The minimum atomic E-state index is 0.195. The maximum absolute atomic E-state index is 6.12. The number of allylic oxidation sites excluding steroid dienone is 1. The molecule has 0 amide bonds. The first-order valence-corrected chi connectivity index (χ1v) is 6.69. The Morgan fingerprint density at radius 3 is 2.88 bits per heavy atom. The number of hydrogen-bond acceptors (Lipinski definition) is 2. The van der Waals surface area contributed by atoms with Crippen molar-refractivity contribution in [1.29, 1.82) is 0 Å². The highest BCUT2D eigenvalue weighted by Crippen LogP contribution is 2.33. The topological polar surface area (TPSA) is 21.3 Å². The van der Waals surface area contributed by atoms with Crippen LogP contribution in [0.4, 0.5) is 0 Å². The molecule has 86 valence electrons. The van der Waals surface area contributed by atoms with E-state index in [-0.39, 0.29) is 6.23 Å². The quantitative estimate of drug-likeness (QED) is 0.537. The third-order valence-electron chi connectivity index (χ3n) is 4.20. The Balaban J connectivity index is 1.64. The molecule has 3 heteroatoms. The van der Waals surface area contributed by atoms with Crippen LogP contribution in [0.5, 0.6) is 0 Å². The second-order valence-corrected chi connectivity index (χ2v) is 5.43. The van der Waals surface area contributed by atoms with Crippen molar-refractivity contribution in [1.82, 2.24) is 5.32 Å². The molecule has 1 heterocycles. The highest BCUT2D eigenvalue weighted by Gasteiger charge is 2.37. The molecule has 1 saturated heterocycles. The van der Waals surface area contributed by atoms with E-state index >= 15 is 0 Å². The Hall–Kier alpha value is -0.275. The Kier molecular flexibility index (Phi) is 3.08. The Bertz CT molecular complexity index is 278. The average Bonchev–Trinajstić information content (AvgIpc) is 2.73. The van der Waals surface area contributed by atoms with Crippen LogP contribution in [-0.2, 0) is 4.74 Å². The van der Waals surface area contributed by atoms with Gasteiger partial charge in [-0.3, -0.25) is 5.32 Å². The number of fused-ring (bicyclic) bond motifs is 1. The molecule has 2 nitrogen and oxygen atoms in total. The molecule has 2 aliphatic carbocycles. The van der Waals surface area contributed by atoms with Crippen LogP contribution in [0.25, 0.3) is 0 Å². The second kappa shape index (κ2) is 4.54. The van der Waals surface area contributed by atoms with Crippen LogP contribution in [0.15, 0.2) is 11.6 Å². The van der Waals surface area contributed by atoms with Crippen molar-refractivity contribution in [3.8, 4) is 0 Å². The third-order valence-corrected chi connectivity index (χ3v) is 4.20. The van der Waals surface area contributed by atoms with E-state index in [4.69, 9.17) is 12.6 Å². The van der Waals surface area contributed by atoms with E-state index in [1.54, 1.807) is 0 Å². The van der Waals surface area contributed by atoms with Crippen molar-refractivity contribution in [3.05, 3.63) is 11.6 Å². The average molecular weight is 217 g/mol. The van der Waals surface area contributed by atoms with E-state index in [1.807, 2.05) is 0 Å². The highest BCUT2D eigenvalue weighted by atomic mass is 16.5. The highest BCUT2D eigenvalue weighted by molar-refractivity contribution is 6.11.